The molecule has 0 fully saturated rings. The van der Waals surface area contributed by atoms with Crippen LogP contribution in [0, 0.1) is 11.8 Å². The highest BCUT2D eigenvalue weighted by molar-refractivity contribution is 5.87. The first-order valence-corrected chi connectivity index (χ1v) is 6.42. The molecule has 0 bridgehead atoms. The zero-order valence-corrected chi connectivity index (χ0v) is 12.6. The van der Waals surface area contributed by atoms with Crippen molar-refractivity contribution in [2.75, 3.05) is 7.11 Å². The fourth-order valence-electron chi connectivity index (χ4n) is 1.50. The average molecular weight is 318 g/mol. The molecule has 0 aromatic carbocycles. The number of hydrogen-bond acceptors (Lipinski definition) is 7. The van der Waals surface area contributed by atoms with Crippen molar-refractivity contribution in [2.24, 2.45) is 0 Å². The Hall–Kier alpha value is -3.12. The number of H-pyrrole nitrogens is 1. The lowest BCUT2D eigenvalue weighted by molar-refractivity contribution is 0.0687. The van der Waals surface area contributed by atoms with Gasteiger partial charge in [-0.25, -0.2) is 14.9 Å². The Balaban J connectivity index is 2.35. The standard InChI is InChI=1S/C14H14N4O5/c1-14(2,21)5-4-8-6-9(7-15-11(8)22-3)23-12-10(13(19)20)16-18-17-12/h6-7,21H,1-3H3,(H,19,20)(H,16,17,18). The summed E-state index contributed by atoms with van der Waals surface area (Å²) in [6, 6.07) is 1.49. The lowest BCUT2D eigenvalue weighted by Gasteiger charge is -2.08. The molecule has 23 heavy (non-hydrogen) atoms. The van der Waals surface area contributed by atoms with Gasteiger partial charge in [-0.05, 0) is 13.8 Å². The number of carboxylic acid groups (broad SMARTS) is 1. The molecule has 0 aliphatic rings. The van der Waals surface area contributed by atoms with Crippen molar-refractivity contribution < 1.29 is 24.5 Å². The van der Waals surface area contributed by atoms with Crippen LogP contribution in [-0.4, -0.2) is 49.3 Å². The topological polar surface area (TPSA) is 130 Å². The van der Waals surface area contributed by atoms with E-state index in [4.69, 9.17) is 14.6 Å². The highest BCUT2D eigenvalue weighted by atomic mass is 16.5. The average Bonchev–Trinajstić information content (AvgIpc) is 2.93. The van der Waals surface area contributed by atoms with Crippen LogP contribution in [0.4, 0.5) is 0 Å². The second kappa shape index (κ2) is 6.33. The number of aromatic amines is 1. The number of nitrogens with zero attached hydrogens (tertiary/aromatic N) is 3. The molecule has 2 aromatic rings. The van der Waals surface area contributed by atoms with E-state index >= 15 is 0 Å². The summed E-state index contributed by atoms with van der Waals surface area (Å²) in [5, 5.41) is 27.8. The molecule has 0 aliphatic heterocycles. The van der Waals surface area contributed by atoms with Gasteiger partial charge in [-0.3, -0.25) is 0 Å². The smallest absolute Gasteiger partial charge is 0.359 e. The van der Waals surface area contributed by atoms with E-state index in [9.17, 15) is 9.90 Å². The van der Waals surface area contributed by atoms with Crippen molar-refractivity contribution in [1.82, 2.24) is 20.4 Å². The van der Waals surface area contributed by atoms with E-state index < -0.39 is 11.6 Å². The molecule has 0 atom stereocenters. The zero-order chi connectivity index (χ0) is 17.0. The summed E-state index contributed by atoms with van der Waals surface area (Å²) in [5.74, 6) is 4.35. The highest BCUT2D eigenvalue weighted by Gasteiger charge is 2.17. The minimum atomic E-state index is -1.26. The molecule has 2 rings (SSSR count). The van der Waals surface area contributed by atoms with Crippen LogP contribution in [0.15, 0.2) is 12.3 Å². The first-order chi connectivity index (χ1) is 10.8. The number of aromatic nitrogens is 4. The second-order valence-corrected chi connectivity index (χ2v) is 4.94. The summed E-state index contributed by atoms with van der Waals surface area (Å²) in [6.07, 6.45) is 1.33. The molecule has 0 saturated heterocycles. The third-order valence-corrected chi connectivity index (χ3v) is 2.47. The summed E-state index contributed by atoms with van der Waals surface area (Å²) in [7, 11) is 1.43. The number of carboxylic acids is 1. The molecule has 3 N–H and O–H groups in total. The van der Waals surface area contributed by atoms with Crippen molar-refractivity contribution in [3.8, 4) is 29.4 Å². The number of methoxy groups -OCH3 is 1. The number of aromatic carboxylic acids is 1. The molecule has 2 heterocycles. The van der Waals surface area contributed by atoms with Gasteiger partial charge in [-0.15, -0.1) is 0 Å². The van der Waals surface area contributed by atoms with Gasteiger partial charge in [-0.2, -0.15) is 0 Å². The Morgan fingerprint density at radius 3 is 2.74 bits per heavy atom. The molecular formula is C14H14N4O5. The Kier molecular flexibility index (Phi) is 4.47. The second-order valence-electron chi connectivity index (χ2n) is 4.94. The summed E-state index contributed by atoms with van der Waals surface area (Å²) in [6.45, 7) is 3.07. The molecule has 0 saturated carbocycles. The van der Waals surface area contributed by atoms with Gasteiger partial charge in [0, 0.05) is 6.07 Å². The fourth-order valence-corrected chi connectivity index (χ4v) is 1.50. The largest absolute Gasteiger partial charge is 0.480 e. The molecule has 0 unspecified atom stereocenters. The van der Waals surface area contributed by atoms with E-state index in [-0.39, 0.29) is 23.2 Å². The number of rotatable bonds is 4. The molecule has 120 valence electrons. The third kappa shape index (κ3) is 4.18. The first-order valence-electron chi connectivity index (χ1n) is 6.42. The van der Waals surface area contributed by atoms with Gasteiger partial charge in [0.1, 0.15) is 11.4 Å². The van der Waals surface area contributed by atoms with Crippen LogP contribution in [-0.2, 0) is 0 Å². The van der Waals surface area contributed by atoms with Crippen LogP contribution in [0.25, 0.3) is 0 Å². The number of hydrogen-bond donors (Lipinski definition) is 3. The van der Waals surface area contributed by atoms with Crippen LogP contribution in [0.1, 0.15) is 29.9 Å². The van der Waals surface area contributed by atoms with Gasteiger partial charge in [0.2, 0.25) is 11.6 Å². The van der Waals surface area contributed by atoms with Crippen LogP contribution in [0.2, 0.25) is 0 Å². The third-order valence-electron chi connectivity index (χ3n) is 2.47. The van der Waals surface area contributed by atoms with Gasteiger partial charge < -0.3 is 19.7 Å². The normalized spacial score (nSPS) is 10.6. The molecule has 9 heteroatoms. The van der Waals surface area contributed by atoms with E-state index in [0.29, 0.717) is 5.56 Å². The lowest BCUT2D eigenvalue weighted by atomic mass is 10.1. The number of pyridine rings is 1. The SMILES string of the molecule is COc1ncc(Oc2nn[nH]c2C(=O)O)cc1C#CC(C)(C)O. The molecule has 0 radical (unpaired) electrons. The number of nitrogens with one attached hydrogen (secondary N) is 1. The fraction of sp³-hybridized carbons (Fsp3) is 0.286. The number of carbonyl (C=O) groups is 1. The molecule has 9 nitrogen and oxygen atoms in total. The van der Waals surface area contributed by atoms with Gasteiger partial charge in [-0.1, -0.05) is 22.2 Å². The Morgan fingerprint density at radius 1 is 1.39 bits per heavy atom. The summed E-state index contributed by atoms with van der Waals surface area (Å²) < 4.78 is 10.4. The molecule has 0 amide bonds. The van der Waals surface area contributed by atoms with Gasteiger partial charge in [0.25, 0.3) is 5.88 Å². The van der Waals surface area contributed by atoms with Crippen molar-refractivity contribution >= 4 is 5.97 Å². The molecule has 0 spiro atoms. The summed E-state index contributed by atoms with van der Waals surface area (Å²) in [4.78, 5) is 15.0. The number of aliphatic hydroxyl groups is 1. The maximum Gasteiger partial charge on any atom is 0.359 e. The Labute approximate surface area is 131 Å². The number of ether oxygens (including phenoxy) is 2. The molecular weight excluding hydrogens is 304 g/mol. The van der Waals surface area contributed by atoms with Gasteiger partial charge >= 0.3 is 5.97 Å². The van der Waals surface area contributed by atoms with Gasteiger partial charge in [0.05, 0.1) is 18.9 Å². The van der Waals surface area contributed by atoms with E-state index in [1.165, 1.54) is 33.2 Å². The minimum absolute atomic E-state index is 0.197. The van der Waals surface area contributed by atoms with Gasteiger partial charge in [0.15, 0.2) is 0 Å². The highest BCUT2D eigenvalue weighted by Crippen LogP contribution is 2.25. The summed E-state index contributed by atoms with van der Waals surface area (Å²) in [5.41, 5.74) is -1.11. The maximum absolute atomic E-state index is 11.0. The van der Waals surface area contributed by atoms with Crippen LogP contribution in [0.3, 0.4) is 0 Å². The molecule has 2 aromatic heterocycles. The van der Waals surface area contributed by atoms with E-state index in [1.54, 1.807) is 0 Å². The monoisotopic (exact) mass is 318 g/mol. The van der Waals surface area contributed by atoms with Crippen molar-refractivity contribution in [1.29, 1.82) is 0 Å². The first kappa shape index (κ1) is 16.3. The van der Waals surface area contributed by atoms with E-state index in [1.807, 2.05) is 0 Å². The Bertz CT molecular complexity index is 782. The lowest BCUT2D eigenvalue weighted by Crippen LogP contribution is -2.14. The van der Waals surface area contributed by atoms with E-state index in [0.717, 1.165) is 0 Å². The van der Waals surface area contributed by atoms with Crippen molar-refractivity contribution in [2.45, 2.75) is 19.4 Å². The van der Waals surface area contributed by atoms with E-state index in [2.05, 4.69) is 32.2 Å². The zero-order valence-electron chi connectivity index (χ0n) is 12.6. The summed E-state index contributed by atoms with van der Waals surface area (Å²) >= 11 is 0. The molecule has 0 aliphatic carbocycles. The van der Waals surface area contributed by atoms with Crippen molar-refractivity contribution in [3.05, 3.63) is 23.5 Å². The predicted molar refractivity (Wildman–Crippen MR) is 77.4 cm³/mol. The van der Waals surface area contributed by atoms with Crippen LogP contribution < -0.4 is 9.47 Å². The maximum atomic E-state index is 11.0. The van der Waals surface area contributed by atoms with Crippen LogP contribution in [0.5, 0.6) is 17.5 Å². The quantitative estimate of drug-likeness (QED) is 0.706. The van der Waals surface area contributed by atoms with Crippen LogP contribution >= 0.6 is 0 Å². The Morgan fingerprint density at radius 2 is 2.13 bits per heavy atom. The predicted octanol–water partition coefficient (Wildman–Crippen LogP) is 0.821. The van der Waals surface area contributed by atoms with Crippen molar-refractivity contribution in [3.63, 3.8) is 0 Å². The minimum Gasteiger partial charge on any atom is -0.480 e.